The van der Waals surface area contributed by atoms with E-state index < -0.39 is 22.3 Å². The Balaban J connectivity index is 2.03. The Hall–Kier alpha value is -2.42. The first-order valence-electron chi connectivity index (χ1n) is 6.82. The summed E-state index contributed by atoms with van der Waals surface area (Å²) in [5, 5.41) is -0.548. The Morgan fingerprint density at radius 1 is 1.25 bits per heavy atom. The van der Waals surface area contributed by atoms with E-state index in [1.54, 1.807) is 12.1 Å². The number of hydrogen-bond acceptors (Lipinski definition) is 4. The molecule has 0 amide bonds. The third-order valence-electron chi connectivity index (χ3n) is 3.29. The van der Waals surface area contributed by atoms with E-state index in [0.29, 0.717) is 11.4 Å². The molecule has 3 rings (SSSR count). The Kier molecular flexibility index (Phi) is 4.27. The van der Waals surface area contributed by atoms with Crippen molar-refractivity contribution in [2.75, 3.05) is 7.11 Å². The molecule has 1 aromatic carbocycles. The SMILES string of the molecule is COc1ccnc(CS(=O)c2nc3ccccc3n2C(F)(F)F)c1. The molecule has 0 aliphatic carbocycles. The van der Waals surface area contributed by atoms with Gasteiger partial charge >= 0.3 is 6.30 Å². The van der Waals surface area contributed by atoms with E-state index in [9.17, 15) is 17.4 Å². The van der Waals surface area contributed by atoms with Gasteiger partial charge in [0.05, 0.1) is 40.4 Å². The minimum absolute atomic E-state index is 0.0542. The maximum Gasteiger partial charge on any atom is 0.491 e. The molecule has 0 bridgehead atoms. The molecule has 0 fully saturated rings. The Labute approximate surface area is 137 Å². The van der Waals surface area contributed by atoms with E-state index in [0.717, 1.165) is 0 Å². The number of pyridine rings is 1. The zero-order chi connectivity index (χ0) is 17.3. The van der Waals surface area contributed by atoms with Crippen LogP contribution in [0.2, 0.25) is 0 Å². The number of alkyl halides is 3. The van der Waals surface area contributed by atoms with Crippen molar-refractivity contribution in [2.24, 2.45) is 0 Å². The number of nitrogens with zero attached hydrogens (tertiary/aromatic N) is 3. The molecular weight excluding hydrogens is 343 g/mol. The summed E-state index contributed by atoms with van der Waals surface area (Å²) in [5.41, 5.74) is 0.359. The first kappa shape index (κ1) is 16.4. The second-order valence-corrected chi connectivity index (χ2v) is 6.21. The number of benzene rings is 1. The van der Waals surface area contributed by atoms with Gasteiger partial charge in [0.25, 0.3) is 0 Å². The second kappa shape index (κ2) is 6.23. The third kappa shape index (κ3) is 3.12. The molecule has 1 unspecified atom stereocenters. The minimum Gasteiger partial charge on any atom is -0.497 e. The summed E-state index contributed by atoms with van der Waals surface area (Å²) in [6.45, 7) is 0. The summed E-state index contributed by atoms with van der Waals surface area (Å²) in [5.74, 6) is 0.290. The van der Waals surface area contributed by atoms with Crippen molar-refractivity contribution in [2.45, 2.75) is 17.2 Å². The predicted molar refractivity (Wildman–Crippen MR) is 81.9 cm³/mol. The van der Waals surface area contributed by atoms with E-state index >= 15 is 0 Å². The van der Waals surface area contributed by atoms with Crippen LogP contribution in [-0.2, 0) is 22.9 Å². The van der Waals surface area contributed by atoms with Crippen LogP contribution in [0.25, 0.3) is 11.0 Å². The van der Waals surface area contributed by atoms with Crippen LogP contribution in [0.3, 0.4) is 0 Å². The van der Waals surface area contributed by atoms with Gasteiger partial charge in [0.1, 0.15) is 5.75 Å². The quantitative estimate of drug-likeness (QED) is 0.721. The summed E-state index contributed by atoms with van der Waals surface area (Å²) in [6, 6.07) is 8.91. The fraction of sp³-hybridized carbons (Fsp3) is 0.200. The van der Waals surface area contributed by atoms with Crippen molar-refractivity contribution in [3.05, 3.63) is 48.3 Å². The Bertz CT molecular complexity index is 908. The van der Waals surface area contributed by atoms with Crippen molar-refractivity contribution in [3.8, 4) is 5.75 Å². The van der Waals surface area contributed by atoms with E-state index in [4.69, 9.17) is 4.74 Å². The van der Waals surface area contributed by atoms with Crippen molar-refractivity contribution >= 4 is 21.8 Å². The monoisotopic (exact) mass is 355 g/mol. The second-order valence-electron chi connectivity index (χ2n) is 4.86. The number of imidazole rings is 1. The molecule has 126 valence electrons. The smallest absolute Gasteiger partial charge is 0.491 e. The molecule has 0 spiro atoms. The fourth-order valence-electron chi connectivity index (χ4n) is 2.26. The van der Waals surface area contributed by atoms with Gasteiger partial charge in [-0.3, -0.25) is 9.19 Å². The molecule has 1 atom stereocenters. The van der Waals surface area contributed by atoms with Gasteiger partial charge in [-0.15, -0.1) is 13.2 Å². The maximum atomic E-state index is 13.4. The van der Waals surface area contributed by atoms with Gasteiger partial charge in [-0.2, -0.15) is 0 Å². The average molecular weight is 355 g/mol. The lowest BCUT2D eigenvalue weighted by molar-refractivity contribution is -0.206. The molecule has 5 nitrogen and oxygen atoms in total. The molecule has 3 aromatic rings. The van der Waals surface area contributed by atoms with Crippen LogP contribution < -0.4 is 4.74 Å². The van der Waals surface area contributed by atoms with Crippen molar-refractivity contribution in [3.63, 3.8) is 0 Å². The Morgan fingerprint density at radius 2 is 2.00 bits per heavy atom. The number of ether oxygens (including phenoxy) is 1. The van der Waals surface area contributed by atoms with E-state index in [-0.39, 0.29) is 21.4 Å². The van der Waals surface area contributed by atoms with Crippen molar-refractivity contribution in [1.29, 1.82) is 0 Å². The molecule has 2 heterocycles. The lowest BCUT2D eigenvalue weighted by Gasteiger charge is -2.12. The van der Waals surface area contributed by atoms with Crippen LogP contribution in [0.5, 0.6) is 5.75 Å². The highest BCUT2D eigenvalue weighted by molar-refractivity contribution is 7.84. The number of rotatable bonds is 4. The molecule has 0 aliphatic heterocycles. The molecule has 2 aromatic heterocycles. The van der Waals surface area contributed by atoms with E-state index in [1.807, 2.05) is 0 Å². The predicted octanol–water partition coefficient (Wildman–Crippen LogP) is 3.22. The lowest BCUT2D eigenvalue weighted by atomic mass is 10.3. The zero-order valence-corrected chi connectivity index (χ0v) is 13.3. The molecule has 0 N–H and O–H groups in total. The lowest BCUT2D eigenvalue weighted by Crippen LogP contribution is -2.20. The summed E-state index contributed by atoms with van der Waals surface area (Å²) in [4.78, 5) is 7.91. The summed E-state index contributed by atoms with van der Waals surface area (Å²) in [6.07, 6.45) is -3.28. The van der Waals surface area contributed by atoms with Gasteiger partial charge in [-0.1, -0.05) is 12.1 Å². The number of hydrogen-bond donors (Lipinski definition) is 0. The van der Waals surface area contributed by atoms with E-state index in [1.165, 1.54) is 37.6 Å². The van der Waals surface area contributed by atoms with Crippen LogP contribution in [0, 0.1) is 0 Å². The third-order valence-corrected chi connectivity index (χ3v) is 4.53. The fourth-order valence-corrected chi connectivity index (χ4v) is 3.42. The van der Waals surface area contributed by atoms with Crippen LogP contribution in [0.15, 0.2) is 47.8 Å². The highest BCUT2D eigenvalue weighted by atomic mass is 32.2. The maximum absolute atomic E-state index is 13.4. The molecule has 0 saturated heterocycles. The highest BCUT2D eigenvalue weighted by Gasteiger charge is 2.37. The average Bonchev–Trinajstić information content (AvgIpc) is 2.95. The van der Waals surface area contributed by atoms with Crippen molar-refractivity contribution < 1.29 is 22.1 Å². The van der Waals surface area contributed by atoms with Gasteiger partial charge in [-0.25, -0.2) is 9.55 Å². The highest BCUT2D eigenvalue weighted by Crippen LogP contribution is 2.31. The zero-order valence-electron chi connectivity index (χ0n) is 12.4. The molecular formula is C15H12F3N3O2S. The number of aromatic nitrogens is 3. The minimum atomic E-state index is -4.72. The molecule has 24 heavy (non-hydrogen) atoms. The summed E-state index contributed by atoms with van der Waals surface area (Å²) in [7, 11) is -0.564. The topological polar surface area (TPSA) is 57.0 Å². The summed E-state index contributed by atoms with van der Waals surface area (Å²) < 4.78 is 57.7. The molecule has 9 heteroatoms. The Morgan fingerprint density at radius 3 is 2.71 bits per heavy atom. The van der Waals surface area contributed by atoms with Gasteiger partial charge in [0.2, 0.25) is 5.16 Å². The van der Waals surface area contributed by atoms with Crippen LogP contribution in [0.4, 0.5) is 13.2 Å². The normalized spacial score (nSPS) is 13.2. The molecule has 0 radical (unpaired) electrons. The number of fused-ring (bicyclic) bond motifs is 1. The van der Waals surface area contributed by atoms with Gasteiger partial charge in [0.15, 0.2) is 0 Å². The van der Waals surface area contributed by atoms with Crippen molar-refractivity contribution in [1.82, 2.24) is 14.5 Å². The first-order chi connectivity index (χ1) is 11.4. The van der Waals surface area contributed by atoms with Crippen LogP contribution in [0.1, 0.15) is 5.69 Å². The van der Waals surface area contributed by atoms with E-state index in [2.05, 4.69) is 9.97 Å². The standard InChI is InChI=1S/C15H12F3N3O2S/c1-23-11-6-7-19-10(8-11)9-24(22)14-20-12-4-2-3-5-13(12)21(14)15(16,17)18/h2-8H,9H2,1H3. The van der Waals surface area contributed by atoms with Gasteiger partial charge < -0.3 is 4.74 Å². The number of halogens is 3. The van der Waals surface area contributed by atoms with Crippen LogP contribution >= 0.6 is 0 Å². The largest absolute Gasteiger partial charge is 0.497 e. The number of para-hydroxylation sites is 2. The number of methoxy groups -OCH3 is 1. The summed E-state index contributed by atoms with van der Waals surface area (Å²) >= 11 is 0. The molecule has 0 saturated carbocycles. The first-order valence-corrected chi connectivity index (χ1v) is 8.14. The van der Waals surface area contributed by atoms with Gasteiger partial charge in [0, 0.05) is 12.3 Å². The van der Waals surface area contributed by atoms with Gasteiger partial charge in [-0.05, 0) is 18.2 Å². The van der Waals surface area contributed by atoms with Crippen LogP contribution in [-0.4, -0.2) is 25.9 Å². The molecule has 0 aliphatic rings.